The Morgan fingerprint density at radius 3 is 1.41 bits per heavy atom. The van der Waals surface area contributed by atoms with Crippen LogP contribution in [0.3, 0.4) is 0 Å². The average Bonchev–Trinajstić information content (AvgIpc) is 2.84. The van der Waals surface area contributed by atoms with E-state index in [0.29, 0.717) is 12.8 Å². The summed E-state index contributed by atoms with van der Waals surface area (Å²) in [6, 6.07) is -0.973. The molecular weight excluding hydrogens is 430 g/mol. The fourth-order valence-electron chi connectivity index (χ4n) is 4.40. The van der Waals surface area contributed by atoms with Gasteiger partial charge in [-0.3, -0.25) is 4.79 Å². The third-order valence-electron chi connectivity index (χ3n) is 6.82. The summed E-state index contributed by atoms with van der Waals surface area (Å²) in [5.74, 6) is -0.591. The number of aliphatic hydroxyl groups is 4. The molecule has 0 saturated heterocycles. The lowest BCUT2D eigenvalue weighted by Gasteiger charge is -2.27. The quantitative estimate of drug-likeness (QED) is 0.111. The van der Waals surface area contributed by atoms with E-state index in [-0.39, 0.29) is 0 Å². The van der Waals surface area contributed by atoms with Gasteiger partial charge in [-0.2, -0.15) is 0 Å². The van der Waals surface area contributed by atoms with Crippen molar-refractivity contribution in [1.82, 2.24) is 5.32 Å². The second-order valence-electron chi connectivity index (χ2n) is 10.1. The van der Waals surface area contributed by atoms with E-state index in [0.717, 1.165) is 51.4 Å². The maximum absolute atomic E-state index is 12.3. The highest BCUT2D eigenvalue weighted by molar-refractivity contribution is 5.80. The summed E-state index contributed by atoms with van der Waals surface area (Å²) in [6.45, 7) is 3.91. The Kier molecular flexibility index (Phi) is 23.5. The summed E-state index contributed by atoms with van der Waals surface area (Å²) >= 11 is 0. The molecule has 0 rings (SSSR count). The normalized spacial score (nSPS) is 15.1. The molecule has 4 unspecified atom stereocenters. The predicted octanol–water partition coefficient (Wildman–Crippen LogP) is 5.39. The Morgan fingerprint density at radius 2 is 1.00 bits per heavy atom. The predicted molar refractivity (Wildman–Crippen MR) is 141 cm³/mol. The first-order valence-corrected chi connectivity index (χ1v) is 14.4. The molecule has 0 heterocycles. The van der Waals surface area contributed by atoms with Gasteiger partial charge in [0, 0.05) is 0 Å². The molecule has 0 aromatic rings. The van der Waals surface area contributed by atoms with Crippen molar-refractivity contribution in [3.8, 4) is 0 Å². The number of hydrogen-bond donors (Lipinski definition) is 5. The molecule has 0 aliphatic rings. The van der Waals surface area contributed by atoms with Gasteiger partial charge in [-0.25, -0.2) is 0 Å². The highest BCUT2D eigenvalue weighted by Gasteiger charge is 2.28. The molecular formula is C28H57NO5. The minimum absolute atomic E-state index is 0.373. The number of amides is 1. The summed E-state index contributed by atoms with van der Waals surface area (Å²) in [5.41, 5.74) is 0. The van der Waals surface area contributed by atoms with Crippen molar-refractivity contribution in [3.63, 3.8) is 0 Å². The van der Waals surface area contributed by atoms with Crippen LogP contribution in [-0.4, -0.2) is 57.3 Å². The molecule has 5 N–H and O–H groups in total. The van der Waals surface area contributed by atoms with E-state index in [1.165, 1.54) is 64.2 Å². The Balaban J connectivity index is 3.85. The first-order valence-electron chi connectivity index (χ1n) is 14.4. The van der Waals surface area contributed by atoms with Crippen molar-refractivity contribution in [1.29, 1.82) is 0 Å². The van der Waals surface area contributed by atoms with Crippen LogP contribution in [0.25, 0.3) is 0 Å². The van der Waals surface area contributed by atoms with Crippen molar-refractivity contribution in [2.45, 2.75) is 167 Å². The van der Waals surface area contributed by atoms with Crippen molar-refractivity contribution in [2.75, 3.05) is 6.61 Å². The SMILES string of the molecule is CCCCCCCCCCCCCCCC(O)C(=O)NC(CO)C(O)C(O)CCCCCCC. The molecule has 0 aromatic heterocycles. The van der Waals surface area contributed by atoms with Crippen molar-refractivity contribution < 1.29 is 25.2 Å². The van der Waals surface area contributed by atoms with Gasteiger partial charge in [0.2, 0.25) is 5.91 Å². The number of carbonyl (C=O) groups excluding carboxylic acids is 1. The van der Waals surface area contributed by atoms with E-state index in [9.17, 15) is 25.2 Å². The zero-order valence-corrected chi connectivity index (χ0v) is 22.4. The number of aliphatic hydroxyl groups excluding tert-OH is 4. The van der Waals surface area contributed by atoms with E-state index in [1.54, 1.807) is 0 Å². The Morgan fingerprint density at radius 1 is 0.618 bits per heavy atom. The highest BCUT2D eigenvalue weighted by Crippen LogP contribution is 2.14. The standard InChI is InChI=1S/C28H57NO5/c1-3-5-7-9-10-11-12-13-14-15-16-18-20-22-26(32)28(34)29-24(23-30)27(33)25(31)21-19-17-8-6-4-2/h24-27,30-33H,3-23H2,1-2H3,(H,29,34). The number of rotatable bonds is 25. The summed E-state index contributed by atoms with van der Waals surface area (Å²) < 4.78 is 0. The van der Waals surface area contributed by atoms with Gasteiger partial charge >= 0.3 is 0 Å². The summed E-state index contributed by atoms with van der Waals surface area (Å²) in [5, 5.41) is 42.7. The first kappa shape index (κ1) is 33.3. The van der Waals surface area contributed by atoms with Crippen LogP contribution in [0.15, 0.2) is 0 Å². The Labute approximate surface area is 209 Å². The Hall–Kier alpha value is -0.690. The van der Waals surface area contributed by atoms with Crippen LogP contribution in [0.2, 0.25) is 0 Å². The van der Waals surface area contributed by atoms with Crippen molar-refractivity contribution in [2.24, 2.45) is 0 Å². The molecule has 204 valence electrons. The van der Waals surface area contributed by atoms with E-state index in [2.05, 4.69) is 19.2 Å². The van der Waals surface area contributed by atoms with Gasteiger partial charge in [0.1, 0.15) is 12.2 Å². The van der Waals surface area contributed by atoms with Gasteiger partial charge in [-0.1, -0.05) is 129 Å². The van der Waals surface area contributed by atoms with Crippen LogP contribution in [0, 0.1) is 0 Å². The van der Waals surface area contributed by atoms with Crippen molar-refractivity contribution in [3.05, 3.63) is 0 Å². The lowest BCUT2D eigenvalue weighted by molar-refractivity contribution is -0.132. The van der Waals surface area contributed by atoms with Crippen LogP contribution in [0.1, 0.15) is 142 Å². The second kappa shape index (κ2) is 24.0. The molecule has 0 aromatic carbocycles. The van der Waals surface area contributed by atoms with Crippen LogP contribution >= 0.6 is 0 Å². The monoisotopic (exact) mass is 487 g/mol. The van der Waals surface area contributed by atoms with Crippen LogP contribution in [-0.2, 0) is 4.79 Å². The molecule has 6 nitrogen and oxygen atoms in total. The van der Waals surface area contributed by atoms with Crippen LogP contribution in [0.5, 0.6) is 0 Å². The van der Waals surface area contributed by atoms with Gasteiger partial charge in [0.25, 0.3) is 0 Å². The lowest BCUT2D eigenvalue weighted by Crippen LogP contribution is -2.53. The van der Waals surface area contributed by atoms with Gasteiger partial charge in [-0.05, 0) is 12.8 Å². The minimum atomic E-state index is -1.25. The number of carbonyl (C=O) groups is 1. The number of hydrogen-bond acceptors (Lipinski definition) is 5. The minimum Gasteiger partial charge on any atom is -0.394 e. The molecule has 0 fully saturated rings. The van der Waals surface area contributed by atoms with Gasteiger partial charge in [0.15, 0.2) is 0 Å². The lowest BCUT2D eigenvalue weighted by atomic mass is 9.99. The molecule has 6 heteroatoms. The van der Waals surface area contributed by atoms with E-state index < -0.39 is 36.9 Å². The summed E-state index contributed by atoms with van der Waals surface area (Å²) in [6.07, 6.45) is 18.7. The maximum Gasteiger partial charge on any atom is 0.249 e. The molecule has 0 spiro atoms. The van der Waals surface area contributed by atoms with E-state index in [1.807, 2.05) is 0 Å². The van der Waals surface area contributed by atoms with Gasteiger partial charge in [-0.15, -0.1) is 0 Å². The van der Waals surface area contributed by atoms with Crippen LogP contribution in [0.4, 0.5) is 0 Å². The largest absolute Gasteiger partial charge is 0.394 e. The number of nitrogens with one attached hydrogen (secondary N) is 1. The summed E-state index contributed by atoms with van der Waals surface area (Å²) in [4.78, 5) is 12.3. The molecule has 0 aliphatic carbocycles. The fourth-order valence-corrected chi connectivity index (χ4v) is 4.40. The zero-order chi connectivity index (χ0) is 25.4. The van der Waals surface area contributed by atoms with Crippen LogP contribution < -0.4 is 5.32 Å². The third-order valence-corrected chi connectivity index (χ3v) is 6.82. The maximum atomic E-state index is 12.3. The molecule has 4 atom stereocenters. The Bertz CT molecular complexity index is 449. The highest BCUT2D eigenvalue weighted by atomic mass is 16.3. The third kappa shape index (κ3) is 18.6. The van der Waals surface area contributed by atoms with Gasteiger partial charge in [0.05, 0.1) is 18.8 Å². The molecule has 0 radical (unpaired) electrons. The van der Waals surface area contributed by atoms with E-state index in [4.69, 9.17) is 0 Å². The first-order chi connectivity index (χ1) is 16.5. The fraction of sp³-hybridized carbons (Fsp3) is 0.964. The second-order valence-corrected chi connectivity index (χ2v) is 10.1. The topological polar surface area (TPSA) is 110 Å². The van der Waals surface area contributed by atoms with Crippen molar-refractivity contribution >= 4 is 5.91 Å². The molecule has 1 amide bonds. The average molecular weight is 488 g/mol. The molecule has 34 heavy (non-hydrogen) atoms. The molecule has 0 bridgehead atoms. The summed E-state index contributed by atoms with van der Waals surface area (Å²) in [7, 11) is 0. The number of unbranched alkanes of at least 4 members (excludes halogenated alkanes) is 16. The molecule has 0 saturated carbocycles. The zero-order valence-electron chi connectivity index (χ0n) is 22.4. The smallest absolute Gasteiger partial charge is 0.249 e. The molecule has 0 aliphatic heterocycles. The van der Waals surface area contributed by atoms with E-state index >= 15 is 0 Å². The van der Waals surface area contributed by atoms with Gasteiger partial charge < -0.3 is 25.7 Å².